The molecule has 0 spiro atoms. The summed E-state index contributed by atoms with van der Waals surface area (Å²) in [7, 11) is 10.2. The fourth-order valence-electron chi connectivity index (χ4n) is 10.4. The molecule has 0 aromatic heterocycles. The zero-order valence-corrected chi connectivity index (χ0v) is 40.5. The molecule has 9 aromatic rings. The average Bonchev–Trinajstić information content (AvgIpc) is 3.44. The molecule has 0 N–H and O–H groups in total. The van der Waals surface area contributed by atoms with Crippen molar-refractivity contribution >= 4 is 51.2 Å². The first-order chi connectivity index (χ1) is 34.9. The first kappa shape index (κ1) is 44.7. The predicted molar refractivity (Wildman–Crippen MR) is 285 cm³/mol. The summed E-state index contributed by atoms with van der Waals surface area (Å²) < 4.78 is 33.6. The van der Waals surface area contributed by atoms with Gasteiger partial charge in [-0.05, 0) is 215 Å². The van der Waals surface area contributed by atoms with E-state index in [9.17, 15) is 0 Å². The second-order valence-electron chi connectivity index (χ2n) is 17.5. The Morgan fingerprint density at radius 3 is 0.563 bits per heavy atom. The van der Waals surface area contributed by atoms with Gasteiger partial charge in [-0.25, -0.2) is 0 Å². The van der Waals surface area contributed by atoms with Crippen molar-refractivity contribution < 1.29 is 28.4 Å². The minimum Gasteiger partial charge on any atom is -0.497 e. The lowest BCUT2D eigenvalue weighted by Gasteiger charge is -2.44. The third-order valence-corrected chi connectivity index (χ3v) is 13.8. The maximum atomic E-state index is 5.60. The Labute approximate surface area is 415 Å². The lowest BCUT2D eigenvalue weighted by molar-refractivity contribution is 0.414. The average molecular weight is 936 g/mol. The second kappa shape index (κ2) is 18.9. The zero-order valence-electron chi connectivity index (χ0n) is 40.5. The monoisotopic (exact) mass is 935 g/mol. The molecule has 352 valence electrons. The van der Waals surface area contributed by atoms with Crippen LogP contribution < -0.4 is 43.1 Å². The van der Waals surface area contributed by atoms with E-state index in [1.807, 2.05) is 72.8 Å². The second-order valence-corrected chi connectivity index (χ2v) is 17.5. The molecule has 0 radical (unpaired) electrons. The predicted octanol–water partition coefficient (Wildman–Crippen LogP) is 15.1. The van der Waals surface area contributed by atoms with Crippen LogP contribution in [0.4, 0.5) is 51.2 Å². The Hall–Kier alpha value is -8.82. The van der Waals surface area contributed by atoms with Crippen LogP contribution in [0.15, 0.2) is 200 Å². The van der Waals surface area contributed by atoms with E-state index < -0.39 is 0 Å². The number of ether oxygens (including phenoxy) is 6. The zero-order chi connectivity index (χ0) is 48.6. The van der Waals surface area contributed by atoms with Crippen molar-refractivity contribution in [1.82, 2.24) is 0 Å². The van der Waals surface area contributed by atoms with Crippen molar-refractivity contribution in [3.05, 3.63) is 234 Å². The summed E-state index contributed by atoms with van der Waals surface area (Å²) in [5.74, 6) is 4.64. The third-order valence-electron chi connectivity index (χ3n) is 13.8. The van der Waals surface area contributed by atoms with Crippen molar-refractivity contribution in [2.24, 2.45) is 0 Å². The van der Waals surface area contributed by atoms with Gasteiger partial charge in [-0.15, -0.1) is 0 Å². The molecule has 9 aromatic carbocycles. The number of hydrogen-bond acceptors (Lipinski definition) is 9. The minimum absolute atomic E-state index is 0.0533. The van der Waals surface area contributed by atoms with Crippen molar-refractivity contribution in [2.75, 3.05) is 57.4 Å². The molecule has 0 saturated heterocycles. The smallest absolute Gasteiger partial charge is 0.119 e. The molecule has 0 unspecified atom stereocenters. The van der Waals surface area contributed by atoms with Crippen LogP contribution in [-0.4, -0.2) is 42.7 Å². The van der Waals surface area contributed by atoms with Crippen molar-refractivity contribution in [3.8, 4) is 34.5 Å². The van der Waals surface area contributed by atoms with Gasteiger partial charge in [0.15, 0.2) is 0 Å². The quantitative estimate of drug-likeness (QED) is 0.1000. The van der Waals surface area contributed by atoms with Gasteiger partial charge < -0.3 is 43.1 Å². The number of anilines is 9. The van der Waals surface area contributed by atoms with Crippen LogP contribution in [0.25, 0.3) is 0 Å². The van der Waals surface area contributed by atoms with Crippen LogP contribution in [0, 0.1) is 0 Å². The molecular formula is C62H53N3O6. The summed E-state index contributed by atoms with van der Waals surface area (Å²) in [5, 5.41) is 0. The summed E-state index contributed by atoms with van der Waals surface area (Å²) in [5.41, 5.74) is 16.9. The van der Waals surface area contributed by atoms with Gasteiger partial charge in [-0.3, -0.25) is 0 Å². The molecule has 0 atom stereocenters. The third kappa shape index (κ3) is 8.15. The van der Waals surface area contributed by atoms with Crippen molar-refractivity contribution in [1.29, 1.82) is 0 Å². The lowest BCUT2D eigenvalue weighted by atomic mass is 9.61. The number of hydrogen-bond donors (Lipinski definition) is 0. The lowest BCUT2D eigenvalue weighted by Crippen LogP contribution is -2.28. The van der Waals surface area contributed by atoms with Gasteiger partial charge in [0.2, 0.25) is 0 Å². The summed E-state index contributed by atoms with van der Waals surface area (Å²) in [4.78, 5) is 6.91. The maximum Gasteiger partial charge on any atom is 0.119 e. The van der Waals surface area contributed by atoms with E-state index in [0.29, 0.717) is 0 Å². The summed E-state index contributed by atoms with van der Waals surface area (Å²) in [6, 6.07) is 70.5. The Bertz CT molecular complexity index is 3030. The van der Waals surface area contributed by atoms with Gasteiger partial charge in [0, 0.05) is 63.0 Å². The number of methoxy groups -OCH3 is 6. The van der Waals surface area contributed by atoms with Gasteiger partial charge in [0.25, 0.3) is 0 Å². The van der Waals surface area contributed by atoms with Gasteiger partial charge in [0.05, 0.1) is 42.7 Å². The van der Waals surface area contributed by atoms with E-state index in [4.69, 9.17) is 28.4 Å². The molecule has 3 aliphatic carbocycles. The normalized spacial score (nSPS) is 13.8. The van der Waals surface area contributed by atoms with Crippen molar-refractivity contribution in [2.45, 2.75) is 11.8 Å². The first-order valence-corrected chi connectivity index (χ1v) is 23.6. The molecule has 0 aliphatic heterocycles. The largest absolute Gasteiger partial charge is 0.497 e. The van der Waals surface area contributed by atoms with E-state index in [1.54, 1.807) is 42.7 Å². The molecule has 12 rings (SSSR count). The first-order valence-electron chi connectivity index (χ1n) is 23.6. The van der Waals surface area contributed by atoms with Crippen LogP contribution in [-0.2, 0) is 0 Å². The maximum absolute atomic E-state index is 5.60. The van der Waals surface area contributed by atoms with E-state index in [1.165, 1.54) is 33.4 Å². The number of nitrogens with zero attached hydrogens (tertiary/aromatic N) is 3. The standard InChI is InChI=1S/C62H53N3O6/c1-66-49-22-7-40(8-23-49)63(41-9-24-50(67-2)25-10-41)46-21-36-57-58(37-46)61-55-34-19-47(64(42-11-26-51(68-3)27-12-42)43-13-28-52(69-4)29-14-43)38-59(55)62(57)60-39-48(20-35-56(60)61)65(44-15-30-53(70-5)31-16-44)45-17-32-54(71-6)33-18-45/h7-39,61-62H,1-6H3. The van der Waals surface area contributed by atoms with E-state index >= 15 is 0 Å². The van der Waals surface area contributed by atoms with E-state index in [-0.39, 0.29) is 11.8 Å². The van der Waals surface area contributed by atoms with Crippen LogP contribution in [0.1, 0.15) is 45.2 Å². The molecular weight excluding hydrogens is 883 g/mol. The van der Waals surface area contributed by atoms with Crippen LogP contribution in [0.2, 0.25) is 0 Å². The molecule has 9 heteroatoms. The number of benzene rings is 9. The van der Waals surface area contributed by atoms with Crippen LogP contribution in [0.3, 0.4) is 0 Å². The highest BCUT2D eigenvalue weighted by Crippen LogP contribution is 2.59. The van der Waals surface area contributed by atoms with Crippen LogP contribution in [0.5, 0.6) is 34.5 Å². The highest BCUT2D eigenvalue weighted by molar-refractivity contribution is 5.84. The Morgan fingerprint density at radius 2 is 0.380 bits per heavy atom. The van der Waals surface area contributed by atoms with Crippen LogP contribution >= 0.6 is 0 Å². The fourth-order valence-corrected chi connectivity index (χ4v) is 10.4. The van der Waals surface area contributed by atoms with Gasteiger partial charge >= 0.3 is 0 Å². The van der Waals surface area contributed by atoms with E-state index in [2.05, 4.69) is 142 Å². The van der Waals surface area contributed by atoms with E-state index in [0.717, 1.165) is 85.7 Å². The Morgan fingerprint density at radius 1 is 0.211 bits per heavy atom. The van der Waals surface area contributed by atoms with Gasteiger partial charge in [-0.2, -0.15) is 0 Å². The van der Waals surface area contributed by atoms with Crippen molar-refractivity contribution in [3.63, 3.8) is 0 Å². The molecule has 0 amide bonds. The summed E-state index contributed by atoms with van der Waals surface area (Å²) in [6.45, 7) is 0. The molecule has 3 aliphatic rings. The molecule has 2 bridgehead atoms. The SMILES string of the molecule is COc1ccc(N(c2ccc(OC)cc2)c2ccc3c(c2)C2c4ccc(N(c5ccc(OC)cc5)c5ccc(OC)cc5)cc4C3c3cc(N(c4ccc(OC)cc4)c4ccc(OC)cc4)ccc32)cc1. The van der Waals surface area contributed by atoms with Gasteiger partial charge in [0.1, 0.15) is 34.5 Å². The molecule has 9 nitrogen and oxygen atoms in total. The molecule has 0 fully saturated rings. The molecule has 71 heavy (non-hydrogen) atoms. The Kier molecular flexibility index (Phi) is 11.9. The highest BCUT2D eigenvalue weighted by Gasteiger charge is 2.42. The topological polar surface area (TPSA) is 65.1 Å². The minimum atomic E-state index is -0.0912. The summed E-state index contributed by atoms with van der Waals surface area (Å²) in [6.07, 6.45) is 0. The summed E-state index contributed by atoms with van der Waals surface area (Å²) >= 11 is 0. The fraction of sp³-hybridized carbons (Fsp3) is 0.129. The Balaban J connectivity index is 1.10. The highest BCUT2D eigenvalue weighted by atomic mass is 16.5. The number of rotatable bonds is 15. The molecule has 0 heterocycles. The molecule has 0 saturated carbocycles. The van der Waals surface area contributed by atoms with Gasteiger partial charge in [-0.1, -0.05) is 18.2 Å².